The van der Waals surface area contributed by atoms with Gasteiger partial charge in [-0.2, -0.15) is 0 Å². The lowest BCUT2D eigenvalue weighted by Gasteiger charge is -2.18. The van der Waals surface area contributed by atoms with E-state index in [1.165, 1.54) is 18.2 Å². The number of rotatable bonds is 3. The van der Waals surface area contributed by atoms with Gasteiger partial charge in [-0.15, -0.1) is 0 Å². The summed E-state index contributed by atoms with van der Waals surface area (Å²) < 4.78 is 40.5. The molecule has 0 bridgehead atoms. The summed E-state index contributed by atoms with van der Waals surface area (Å²) >= 11 is 5.68. The largest absolute Gasteiger partial charge is 0.322 e. The van der Waals surface area contributed by atoms with Crippen molar-refractivity contribution in [3.05, 3.63) is 65.4 Å². The van der Waals surface area contributed by atoms with Crippen LogP contribution in [0.15, 0.2) is 59.5 Å². The van der Waals surface area contributed by atoms with E-state index < -0.39 is 28.3 Å². The maximum absolute atomic E-state index is 13.8. The molecule has 1 amide bonds. The summed E-state index contributed by atoms with van der Waals surface area (Å²) in [4.78, 5) is 12.5. The van der Waals surface area contributed by atoms with Gasteiger partial charge >= 0.3 is 0 Å². The third-order valence-corrected chi connectivity index (χ3v) is 6.21. The molecule has 1 heterocycles. The average molecular weight is 391 g/mol. The highest BCUT2D eigenvalue weighted by molar-refractivity contribution is 7.93. The van der Waals surface area contributed by atoms with Crippen molar-refractivity contribution in [2.75, 3.05) is 16.2 Å². The quantitative estimate of drug-likeness (QED) is 0.740. The van der Waals surface area contributed by atoms with Crippen LogP contribution < -0.4 is 9.62 Å². The third-order valence-electron chi connectivity index (χ3n) is 4.17. The van der Waals surface area contributed by atoms with Gasteiger partial charge in [0.15, 0.2) is 0 Å². The number of sulfonamides is 1. The number of carbonyl (C=O) groups excluding carboxylic acids is 1. The van der Waals surface area contributed by atoms with Crippen LogP contribution in [0.25, 0.3) is 10.8 Å². The number of nitrogens with one attached hydrogen (secondary N) is 1. The zero-order valence-electron chi connectivity index (χ0n) is 13.2. The highest BCUT2D eigenvalue weighted by atomic mass is 35.5. The summed E-state index contributed by atoms with van der Waals surface area (Å²) in [6.07, 6.45) is 0. The highest BCUT2D eigenvalue weighted by Crippen LogP contribution is 2.41. The average Bonchev–Trinajstić information content (AvgIpc) is 2.81. The van der Waals surface area contributed by atoms with E-state index in [9.17, 15) is 17.6 Å². The van der Waals surface area contributed by atoms with Crippen LogP contribution in [0.2, 0.25) is 5.02 Å². The number of hydrogen-bond acceptors (Lipinski definition) is 3. The Morgan fingerprint density at radius 2 is 1.85 bits per heavy atom. The Morgan fingerprint density at radius 3 is 2.58 bits per heavy atom. The smallest absolute Gasteiger partial charge is 0.265 e. The molecule has 0 fully saturated rings. The Bertz CT molecular complexity index is 1160. The summed E-state index contributed by atoms with van der Waals surface area (Å²) in [7, 11) is -3.85. The number of hydrogen-bond donors (Lipinski definition) is 1. The number of benzene rings is 3. The molecule has 0 saturated carbocycles. The van der Waals surface area contributed by atoms with E-state index in [4.69, 9.17) is 11.6 Å². The van der Waals surface area contributed by atoms with Crippen molar-refractivity contribution >= 4 is 49.7 Å². The fourth-order valence-corrected chi connectivity index (χ4v) is 4.86. The molecule has 1 aliphatic heterocycles. The molecule has 4 rings (SSSR count). The fraction of sp³-hybridized carbons (Fsp3) is 0.0556. The minimum absolute atomic E-state index is 0.0632. The molecule has 3 aromatic rings. The van der Waals surface area contributed by atoms with Crippen LogP contribution in [-0.2, 0) is 14.8 Å². The van der Waals surface area contributed by atoms with Crippen molar-refractivity contribution in [3.63, 3.8) is 0 Å². The standard InChI is InChI=1S/C18H12ClFN2O3S/c19-12-7-8-14(13(20)9-12)21-17(23)10-22-15-5-1-3-11-4-2-6-16(18(11)15)26(22,24)25/h1-9H,10H2,(H,21,23). The highest BCUT2D eigenvalue weighted by Gasteiger charge is 2.36. The van der Waals surface area contributed by atoms with Gasteiger partial charge < -0.3 is 5.32 Å². The second kappa shape index (κ2) is 5.96. The second-order valence-corrected chi connectivity index (χ2v) is 8.08. The van der Waals surface area contributed by atoms with Crippen LogP contribution in [0.3, 0.4) is 0 Å². The van der Waals surface area contributed by atoms with Crippen LogP contribution in [0.1, 0.15) is 0 Å². The molecule has 0 aliphatic carbocycles. The van der Waals surface area contributed by atoms with Crippen LogP contribution >= 0.6 is 11.6 Å². The van der Waals surface area contributed by atoms with Gasteiger partial charge in [0.1, 0.15) is 12.4 Å². The molecule has 3 aromatic carbocycles. The van der Waals surface area contributed by atoms with Gasteiger partial charge in [0.25, 0.3) is 10.0 Å². The first-order chi connectivity index (χ1) is 12.4. The lowest BCUT2D eigenvalue weighted by Crippen LogP contribution is -2.35. The summed E-state index contributed by atoms with van der Waals surface area (Å²) in [6, 6.07) is 14.0. The molecule has 0 unspecified atom stereocenters. The zero-order valence-corrected chi connectivity index (χ0v) is 14.8. The normalized spacial score (nSPS) is 14.6. The molecule has 0 saturated heterocycles. The molecular weight excluding hydrogens is 379 g/mol. The molecule has 26 heavy (non-hydrogen) atoms. The Labute approximate surface area is 154 Å². The minimum Gasteiger partial charge on any atom is -0.322 e. The predicted octanol–water partition coefficient (Wildman–Crippen LogP) is 3.78. The molecule has 0 atom stereocenters. The molecular formula is C18H12ClFN2O3S. The summed E-state index contributed by atoms with van der Waals surface area (Å²) in [5.74, 6) is -1.35. The Morgan fingerprint density at radius 1 is 1.12 bits per heavy atom. The topological polar surface area (TPSA) is 66.5 Å². The van der Waals surface area contributed by atoms with Crippen molar-refractivity contribution < 1.29 is 17.6 Å². The lowest BCUT2D eigenvalue weighted by molar-refractivity contribution is -0.114. The van der Waals surface area contributed by atoms with Gasteiger partial charge in [-0.3, -0.25) is 9.10 Å². The van der Waals surface area contributed by atoms with Gasteiger partial charge in [0.2, 0.25) is 5.91 Å². The monoisotopic (exact) mass is 390 g/mol. The lowest BCUT2D eigenvalue weighted by atomic mass is 10.1. The van der Waals surface area contributed by atoms with Gasteiger partial charge in [-0.05, 0) is 35.7 Å². The summed E-state index contributed by atoms with van der Waals surface area (Å²) in [5.41, 5.74) is 0.372. The summed E-state index contributed by atoms with van der Waals surface area (Å²) in [5, 5.41) is 3.94. The van der Waals surface area contributed by atoms with Crippen LogP contribution in [0.5, 0.6) is 0 Å². The van der Waals surface area contributed by atoms with Crippen molar-refractivity contribution in [1.82, 2.24) is 0 Å². The third kappa shape index (κ3) is 2.60. The Kier molecular flexibility index (Phi) is 3.86. The van der Waals surface area contributed by atoms with Crippen molar-refractivity contribution in [3.8, 4) is 0 Å². The maximum atomic E-state index is 13.8. The minimum atomic E-state index is -3.85. The van der Waals surface area contributed by atoms with Crippen LogP contribution in [0.4, 0.5) is 15.8 Å². The number of carbonyl (C=O) groups is 1. The molecule has 1 N–H and O–H groups in total. The van der Waals surface area contributed by atoms with E-state index in [1.807, 2.05) is 12.1 Å². The number of halogens is 2. The van der Waals surface area contributed by atoms with Crippen LogP contribution in [0, 0.1) is 5.82 Å². The molecule has 5 nitrogen and oxygen atoms in total. The van der Waals surface area contributed by atoms with E-state index >= 15 is 0 Å². The fourth-order valence-electron chi connectivity index (χ4n) is 3.04. The first-order valence-electron chi connectivity index (χ1n) is 7.67. The van der Waals surface area contributed by atoms with E-state index in [0.29, 0.717) is 11.1 Å². The SMILES string of the molecule is O=C(CN1c2cccc3cccc(c23)S1(=O)=O)Nc1ccc(Cl)cc1F. The number of nitrogens with zero attached hydrogens (tertiary/aromatic N) is 1. The Balaban J connectivity index is 1.67. The van der Waals surface area contributed by atoms with Crippen molar-refractivity contribution in [2.24, 2.45) is 0 Å². The van der Waals surface area contributed by atoms with Gasteiger partial charge in [0.05, 0.1) is 16.3 Å². The Hall–Kier alpha value is -2.64. The van der Waals surface area contributed by atoms with E-state index in [1.54, 1.807) is 18.2 Å². The molecule has 0 spiro atoms. The van der Waals surface area contributed by atoms with Crippen molar-refractivity contribution in [1.29, 1.82) is 0 Å². The van der Waals surface area contributed by atoms with Crippen LogP contribution in [-0.4, -0.2) is 20.9 Å². The van der Waals surface area contributed by atoms with Gasteiger partial charge in [-0.25, -0.2) is 12.8 Å². The first kappa shape index (κ1) is 16.8. The van der Waals surface area contributed by atoms with E-state index in [2.05, 4.69) is 5.32 Å². The molecule has 8 heteroatoms. The van der Waals surface area contributed by atoms with Gasteiger partial charge in [-0.1, -0.05) is 35.9 Å². The predicted molar refractivity (Wildman–Crippen MR) is 98.5 cm³/mol. The van der Waals surface area contributed by atoms with E-state index in [0.717, 1.165) is 15.8 Å². The number of amides is 1. The molecule has 0 aromatic heterocycles. The van der Waals surface area contributed by atoms with Gasteiger partial charge in [0, 0.05) is 10.4 Å². The molecule has 0 radical (unpaired) electrons. The molecule has 132 valence electrons. The summed E-state index contributed by atoms with van der Waals surface area (Å²) in [6.45, 7) is -0.460. The number of anilines is 2. The zero-order chi connectivity index (χ0) is 18.5. The first-order valence-corrected chi connectivity index (χ1v) is 9.49. The molecule has 1 aliphatic rings. The maximum Gasteiger partial charge on any atom is 0.265 e. The van der Waals surface area contributed by atoms with Crippen molar-refractivity contribution in [2.45, 2.75) is 4.90 Å². The second-order valence-electron chi connectivity index (χ2n) is 5.82. The van der Waals surface area contributed by atoms with E-state index in [-0.39, 0.29) is 15.6 Å².